The van der Waals surface area contributed by atoms with E-state index in [4.69, 9.17) is 4.74 Å². The minimum Gasteiger partial charge on any atom is -0.444 e. The standard InChI is InChI=1S/C21H27N3O3/c1-14-10-12-16(13-11-14)24-19(25)17-8-6-7-9-18(17)22-15(2)23-20(26)27-21(3,4)5/h6-13,15,22H,1-5H3,(H,23,26)(H,24,25)/t15-/m0/s1. The van der Waals surface area contributed by atoms with Gasteiger partial charge in [0.15, 0.2) is 0 Å². The highest BCUT2D eigenvalue weighted by atomic mass is 16.6. The van der Waals surface area contributed by atoms with Crippen LogP contribution in [0.4, 0.5) is 16.2 Å². The number of rotatable bonds is 5. The molecule has 0 fully saturated rings. The summed E-state index contributed by atoms with van der Waals surface area (Å²) in [6.45, 7) is 9.17. The molecule has 0 radical (unpaired) electrons. The van der Waals surface area contributed by atoms with Crippen molar-refractivity contribution in [3.8, 4) is 0 Å². The molecule has 6 nitrogen and oxygen atoms in total. The maximum Gasteiger partial charge on any atom is 0.409 e. The summed E-state index contributed by atoms with van der Waals surface area (Å²) in [5.41, 5.74) is 2.37. The maximum absolute atomic E-state index is 12.6. The molecule has 2 aromatic rings. The Labute approximate surface area is 160 Å². The quantitative estimate of drug-likeness (QED) is 0.677. The van der Waals surface area contributed by atoms with Gasteiger partial charge in [-0.05, 0) is 58.9 Å². The van der Waals surface area contributed by atoms with Gasteiger partial charge in [0.25, 0.3) is 5.91 Å². The zero-order valence-corrected chi connectivity index (χ0v) is 16.4. The van der Waals surface area contributed by atoms with Gasteiger partial charge < -0.3 is 20.7 Å². The third kappa shape index (κ3) is 6.66. The number of carbonyl (C=O) groups is 2. The molecule has 2 aromatic carbocycles. The van der Waals surface area contributed by atoms with Gasteiger partial charge in [-0.15, -0.1) is 0 Å². The molecule has 0 unspecified atom stereocenters. The molecule has 6 heteroatoms. The topological polar surface area (TPSA) is 79.5 Å². The fourth-order valence-electron chi connectivity index (χ4n) is 2.40. The molecular weight excluding hydrogens is 342 g/mol. The van der Waals surface area contributed by atoms with E-state index in [-0.39, 0.29) is 5.91 Å². The van der Waals surface area contributed by atoms with Crippen LogP contribution in [0.1, 0.15) is 43.6 Å². The number of hydrogen-bond acceptors (Lipinski definition) is 4. The molecule has 3 N–H and O–H groups in total. The molecule has 1 atom stereocenters. The normalized spacial score (nSPS) is 12.0. The van der Waals surface area contributed by atoms with Crippen LogP contribution in [-0.4, -0.2) is 23.8 Å². The monoisotopic (exact) mass is 369 g/mol. The van der Waals surface area contributed by atoms with Gasteiger partial charge in [-0.25, -0.2) is 4.79 Å². The van der Waals surface area contributed by atoms with E-state index < -0.39 is 17.9 Å². The maximum atomic E-state index is 12.6. The second-order valence-electron chi connectivity index (χ2n) is 7.38. The molecule has 0 aliphatic heterocycles. The average Bonchev–Trinajstić information content (AvgIpc) is 2.55. The van der Waals surface area contributed by atoms with Crippen molar-refractivity contribution in [3.63, 3.8) is 0 Å². The Morgan fingerprint density at radius 2 is 1.63 bits per heavy atom. The van der Waals surface area contributed by atoms with Crippen LogP contribution in [-0.2, 0) is 4.74 Å². The average molecular weight is 369 g/mol. The van der Waals surface area contributed by atoms with Gasteiger partial charge in [0.1, 0.15) is 5.60 Å². The van der Waals surface area contributed by atoms with Gasteiger partial charge in [-0.3, -0.25) is 4.79 Å². The Kier molecular flexibility index (Phi) is 6.45. The van der Waals surface area contributed by atoms with E-state index in [1.54, 1.807) is 45.9 Å². The number of carbonyl (C=O) groups excluding carboxylic acids is 2. The first-order valence-corrected chi connectivity index (χ1v) is 8.87. The van der Waals surface area contributed by atoms with Crippen LogP contribution >= 0.6 is 0 Å². The van der Waals surface area contributed by atoms with Gasteiger partial charge >= 0.3 is 6.09 Å². The highest BCUT2D eigenvalue weighted by molar-refractivity contribution is 6.08. The van der Waals surface area contributed by atoms with Crippen molar-refractivity contribution in [2.24, 2.45) is 0 Å². The lowest BCUT2D eigenvalue weighted by atomic mass is 10.1. The molecule has 0 heterocycles. The molecule has 0 aromatic heterocycles. The predicted octanol–water partition coefficient (Wildman–Crippen LogP) is 4.53. The number of para-hydroxylation sites is 1. The van der Waals surface area contributed by atoms with Crippen LogP contribution in [0.5, 0.6) is 0 Å². The summed E-state index contributed by atoms with van der Waals surface area (Å²) in [5.74, 6) is -0.230. The largest absolute Gasteiger partial charge is 0.444 e. The second-order valence-corrected chi connectivity index (χ2v) is 7.38. The fourth-order valence-corrected chi connectivity index (χ4v) is 2.40. The number of alkyl carbamates (subject to hydrolysis) is 1. The van der Waals surface area contributed by atoms with Crippen molar-refractivity contribution in [1.82, 2.24) is 5.32 Å². The minimum atomic E-state index is -0.574. The van der Waals surface area contributed by atoms with E-state index in [1.165, 1.54) is 0 Å². The summed E-state index contributed by atoms with van der Waals surface area (Å²) in [6, 6.07) is 14.7. The summed E-state index contributed by atoms with van der Waals surface area (Å²) >= 11 is 0. The van der Waals surface area contributed by atoms with E-state index in [9.17, 15) is 9.59 Å². The number of benzene rings is 2. The van der Waals surface area contributed by atoms with Crippen LogP contribution < -0.4 is 16.0 Å². The molecule has 0 saturated heterocycles. The molecule has 0 aliphatic rings. The highest BCUT2D eigenvalue weighted by Crippen LogP contribution is 2.18. The number of aryl methyl sites for hydroxylation is 1. The lowest BCUT2D eigenvalue weighted by molar-refractivity contribution is 0.0514. The summed E-state index contributed by atoms with van der Waals surface area (Å²) in [4.78, 5) is 24.5. The number of nitrogens with one attached hydrogen (secondary N) is 3. The zero-order chi connectivity index (χ0) is 20.0. The summed E-state index contributed by atoms with van der Waals surface area (Å²) in [5, 5.41) is 8.71. The van der Waals surface area contributed by atoms with E-state index in [1.807, 2.05) is 37.3 Å². The lowest BCUT2D eigenvalue weighted by Gasteiger charge is -2.23. The van der Waals surface area contributed by atoms with Crippen molar-refractivity contribution in [2.75, 3.05) is 10.6 Å². The Balaban J connectivity index is 2.05. The van der Waals surface area contributed by atoms with Gasteiger partial charge in [0.2, 0.25) is 0 Å². The first-order valence-electron chi connectivity index (χ1n) is 8.87. The van der Waals surface area contributed by atoms with Crippen molar-refractivity contribution in [3.05, 3.63) is 59.7 Å². The number of hydrogen-bond donors (Lipinski definition) is 3. The smallest absolute Gasteiger partial charge is 0.409 e. The van der Waals surface area contributed by atoms with Crippen LogP contribution in [0.3, 0.4) is 0 Å². The Morgan fingerprint density at radius 1 is 1.00 bits per heavy atom. The lowest BCUT2D eigenvalue weighted by Crippen LogP contribution is -2.41. The number of anilines is 2. The van der Waals surface area contributed by atoms with Gasteiger partial charge in [-0.1, -0.05) is 29.8 Å². The predicted molar refractivity (Wildman–Crippen MR) is 108 cm³/mol. The van der Waals surface area contributed by atoms with Crippen LogP contribution in [0.15, 0.2) is 48.5 Å². The molecule has 2 rings (SSSR count). The molecule has 0 saturated carbocycles. The Hall–Kier alpha value is -3.02. The van der Waals surface area contributed by atoms with Crippen LogP contribution in [0.25, 0.3) is 0 Å². The van der Waals surface area contributed by atoms with E-state index in [0.29, 0.717) is 11.3 Å². The van der Waals surface area contributed by atoms with Gasteiger partial charge in [-0.2, -0.15) is 0 Å². The second kappa shape index (κ2) is 8.58. The first kappa shape index (κ1) is 20.3. The van der Waals surface area contributed by atoms with Crippen LogP contribution in [0.2, 0.25) is 0 Å². The summed E-state index contributed by atoms with van der Waals surface area (Å²) < 4.78 is 5.24. The van der Waals surface area contributed by atoms with Crippen LogP contribution in [0, 0.1) is 6.92 Å². The molecule has 0 spiro atoms. The van der Waals surface area contributed by atoms with Crippen molar-refractivity contribution < 1.29 is 14.3 Å². The van der Waals surface area contributed by atoms with Crippen molar-refractivity contribution in [1.29, 1.82) is 0 Å². The summed E-state index contributed by atoms with van der Waals surface area (Å²) in [7, 11) is 0. The Bertz CT molecular complexity index is 795. The molecule has 2 amide bonds. The minimum absolute atomic E-state index is 0.230. The third-order valence-electron chi connectivity index (χ3n) is 3.59. The van der Waals surface area contributed by atoms with Crippen molar-refractivity contribution >= 4 is 23.4 Å². The highest BCUT2D eigenvalue weighted by Gasteiger charge is 2.18. The van der Waals surface area contributed by atoms with E-state index >= 15 is 0 Å². The van der Waals surface area contributed by atoms with E-state index in [0.717, 1.165) is 11.3 Å². The molecule has 27 heavy (non-hydrogen) atoms. The number of ether oxygens (including phenoxy) is 1. The van der Waals surface area contributed by atoms with Crippen molar-refractivity contribution in [2.45, 2.75) is 46.4 Å². The SMILES string of the molecule is Cc1ccc(NC(=O)c2ccccc2N[C@H](C)NC(=O)OC(C)(C)C)cc1. The van der Waals surface area contributed by atoms with Gasteiger partial charge in [0.05, 0.1) is 11.7 Å². The Morgan fingerprint density at radius 3 is 2.26 bits per heavy atom. The molecule has 144 valence electrons. The zero-order valence-electron chi connectivity index (χ0n) is 16.4. The van der Waals surface area contributed by atoms with Gasteiger partial charge in [0, 0.05) is 11.4 Å². The molecule has 0 bridgehead atoms. The molecular formula is C21H27N3O3. The summed E-state index contributed by atoms with van der Waals surface area (Å²) in [6.07, 6.45) is -0.947. The number of amides is 2. The third-order valence-corrected chi connectivity index (χ3v) is 3.59. The first-order chi connectivity index (χ1) is 12.6. The van der Waals surface area contributed by atoms with E-state index in [2.05, 4.69) is 16.0 Å². The molecule has 0 aliphatic carbocycles. The fraction of sp³-hybridized carbons (Fsp3) is 0.333.